The fourth-order valence-electron chi connectivity index (χ4n) is 9.14. The molecule has 0 aliphatic carbocycles. The molecule has 0 bridgehead atoms. The van der Waals surface area contributed by atoms with E-state index in [2.05, 4.69) is 26.0 Å². The van der Waals surface area contributed by atoms with Crippen molar-refractivity contribution in [3.05, 3.63) is 12.2 Å². The van der Waals surface area contributed by atoms with Crippen LogP contribution in [-0.4, -0.2) is 36.4 Å². The average Bonchev–Trinajstić information content (AvgIpc) is 3.30. The second kappa shape index (κ2) is 56.0. The van der Waals surface area contributed by atoms with Crippen molar-refractivity contribution in [2.24, 2.45) is 0 Å². The van der Waals surface area contributed by atoms with Gasteiger partial charge in [-0.2, -0.15) is 0 Å². The summed E-state index contributed by atoms with van der Waals surface area (Å²) in [7, 11) is 0. The number of esters is 2. The highest BCUT2D eigenvalue weighted by atomic mass is 16.6. The van der Waals surface area contributed by atoms with Gasteiger partial charge in [0, 0.05) is 12.8 Å². The van der Waals surface area contributed by atoms with E-state index >= 15 is 0 Å². The zero-order chi connectivity index (χ0) is 46.3. The van der Waals surface area contributed by atoms with Crippen LogP contribution in [-0.2, 0) is 19.1 Å². The Bertz CT molecular complexity index is 932. The van der Waals surface area contributed by atoms with Gasteiger partial charge in [-0.25, -0.2) is 0 Å². The first kappa shape index (κ1) is 62.6. The Labute approximate surface area is 401 Å². The van der Waals surface area contributed by atoms with E-state index in [1.54, 1.807) is 0 Å². The van der Waals surface area contributed by atoms with Crippen molar-refractivity contribution in [3.8, 4) is 0 Å². The van der Waals surface area contributed by atoms with E-state index in [0.717, 1.165) is 32.1 Å². The van der Waals surface area contributed by atoms with Crippen molar-refractivity contribution in [1.82, 2.24) is 0 Å². The van der Waals surface area contributed by atoms with Crippen LogP contribution in [0.3, 0.4) is 0 Å². The van der Waals surface area contributed by atoms with Crippen LogP contribution >= 0.6 is 0 Å². The molecule has 0 amide bonds. The first-order valence-corrected chi connectivity index (χ1v) is 29.2. The number of aliphatic hydroxyl groups excluding tert-OH is 1. The smallest absolute Gasteiger partial charge is 0.306 e. The van der Waals surface area contributed by atoms with Crippen LogP contribution in [0, 0.1) is 0 Å². The number of ether oxygens (including phenoxy) is 2. The highest BCUT2D eigenvalue weighted by Crippen LogP contribution is 2.18. The maximum Gasteiger partial charge on any atom is 0.306 e. The third-order valence-corrected chi connectivity index (χ3v) is 13.6. The molecule has 380 valence electrons. The van der Waals surface area contributed by atoms with Crippen molar-refractivity contribution >= 4 is 11.9 Å². The maximum absolute atomic E-state index is 12.3. The highest BCUT2D eigenvalue weighted by molar-refractivity contribution is 5.70. The van der Waals surface area contributed by atoms with Crippen molar-refractivity contribution in [2.45, 2.75) is 341 Å². The largest absolute Gasteiger partial charge is 0.462 e. The van der Waals surface area contributed by atoms with Crippen LogP contribution in [0.15, 0.2) is 12.2 Å². The molecule has 0 aliphatic rings. The molecule has 0 heterocycles. The molecular weight excluding hydrogens is 789 g/mol. The molecule has 1 unspecified atom stereocenters. The molecule has 0 saturated carbocycles. The fourth-order valence-corrected chi connectivity index (χ4v) is 9.14. The summed E-state index contributed by atoms with van der Waals surface area (Å²) in [5.74, 6) is -0.566. The Morgan fingerprint density at radius 3 is 0.844 bits per heavy atom. The Balaban J connectivity index is 3.41. The van der Waals surface area contributed by atoms with Crippen LogP contribution in [0.2, 0.25) is 0 Å². The van der Waals surface area contributed by atoms with Gasteiger partial charge in [0.05, 0.1) is 6.61 Å². The zero-order valence-electron chi connectivity index (χ0n) is 43.6. The van der Waals surface area contributed by atoms with E-state index < -0.39 is 6.10 Å². The van der Waals surface area contributed by atoms with E-state index in [-0.39, 0.29) is 25.2 Å². The van der Waals surface area contributed by atoms with Gasteiger partial charge in [-0.15, -0.1) is 0 Å². The SMILES string of the molecule is CCCCCCCCCC/C=C\CCCCCCCCCCCCCCCCCC(=O)OC(CO)COC(=O)CCCCCCCCCCCCCCCCCCCCCCCCC. The van der Waals surface area contributed by atoms with E-state index in [4.69, 9.17) is 9.47 Å². The first-order valence-electron chi connectivity index (χ1n) is 29.2. The van der Waals surface area contributed by atoms with Gasteiger partial charge < -0.3 is 14.6 Å². The maximum atomic E-state index is 12.3. The summed E-state index contributed by atoms with van der Waals surface area (Å²) in [5.41, 5.74) is 0. The Morgan fingerprint density at radius 2 is 0.578 bits per heavy atom. The van der Waals surface area contributed by atoms with Gasteiger partial charge in [0.2, 0.25) is 0 Å². The molecule has 0 rings (SSSR count). The minimum Gasteiger partial charge on any atom is -0.462 e. The lowest BCUT2D eigenvalue weighted by atomic mass is 10.0. The lowest BCUT2D eigenvalue weighted by Gasteiger charge is -2.15. The molecular formula is C59H114O5. The number of carbonyl (C=O) groups excluding carboxylic acids is 2. The van der Waals surface area contributed by atoms with Gasteiger partial charge in [-0.3, -0.25) is 9.59 Å². The molecule has 64 heavy (non-hydrogen) atoms. The van der Waals surface area contributed by atoms with Gasteiger partial charge in [0.15, 0.2) is 6.10 Å². The second-order valence-electron chi connectivity index (χ2n) is 20.1. The van der Waals surface area contributed by atoms with Crippen LogP contribution in [0.5, 0.6) is 0 Å². The number of hydrogen-bond donors (Lipinski definition) is 1. The first-order chi connectivity index (χ1) is 31.6. The van der Waals surface area contributed by atoms with Crippen molar-refractivity contribution in [2.75, 3.05) is 13.2 Å². The molecule has 0 saturated heterocycles. The second-order valence-corrected chi connectivity index (χ2v) is 20.1. The lowest BCUT2D eigenvalue weighted by molar-refractivity contribution is -0.161. The summed E-state index contributed by atoms with van der Waals surface area (Å²) in [6.45, 7) is 4.20. The van der Waals surface area contributed by atoms with Crippen molar-refractivity contribution in [3.63, 3.8) is 0 Å². The monoisotopic (exact) mass is 903 g/mol. The molecule has 1 N–H and O–H groups in total. The normalized spacial score (nSPS) is 12.1. The molecule has 0 aromatic carbocycles. The summed E-state index contributed by atoms with van der Waals surface area (Å²) < 4.78 is 10.7. The topological polar surface area (TPSA) is 72.8 Å². The number of rotatable bonds is 55. The molecule has 0 aliphatic heterocycles. The molecule has 5 nitrogen and oxygen atoms in total. The molecule has 0 aromatic rings. The Hall–Kier alpha value is -1.36. The average molecular weight is 904 g/mol. The summed E-state index contributed by atoms with van der Waals surface area (Å²) in [6.07, 6.45) is 69.1. The van der Waals surface area contributed by atoms with Gasteiger partial charge >= 0.3 is 11.9 Å². The van der Waals surface area contributed by atoms with Gasteiger partial charge in [-0.1, -0.05) is 296 Å². The van der Waals surface area contributed by atoms with Gasteiger partial charge in [-0.05, 0) is 38.5 Å². The third kappa shape index (κ3) is 53.3. The van der Waals surface area contributed by atoms with Gasteiger partial charge in [0.25, 0.3) is 0 Å². The number of unbranched alkanes of at least 4 members (excludes halogenated alkanes) is 45. The summed E-state index contributed by atoms with van der Waals surface area (Å²) in [4.78, 5) is 24.5. The highest BCUT2D eigenvalue weighted by Gasteiger charge is 2.16. The summed E-state index contributed by atoms with van der Waals surface area (Å²) in [6, 6.07) is 0. The van der Waals surface area contributed by atoms with Crippen LogP contribution < -0.4 is 0 Å². The molecule has 0 radical (unpaired) electrons. The molecule has 0 spiro atoms. The van der Waals surface area contributed by atoms with Crippen LogP contribution in [0.25, 0.3) is 0 Å². The number of aliphatic hydroxyl groups is 1. The summed E-state index contributed by atoms with van der Waals surface area (Å²) >= 11 is 0. The third-order valence-electron chi connectivity index (χ3n) is 13.6. The molecule has 1 atom stereocenters. The zero-order valence-corrected chi connectivity index (χ0v) is 43.6. The van der Waals surface area contributed by atoms with Crippen molar-refractivity contribution < 1.29 is 24.2 Å². The Kier molecular flexibility index (Phi) is 54.8. The molecule has 0 fully saturated rings. The van der Waals surface area contributed by atoms with E-state index in [0.29, 0.717) is 12.8 Å². The standard InChI is InChI=1S/C59H114O5/c1-3-5-7-9-11-13-15-17-19-21-23-25-27-28-29-30-32-34-36-38-40-42-44-46-48-50-52-54-59(62)64-57(55-60)56-63-58(61)53-51-49-47-45-43-41-39-37-35-33-31-26-24-22-20-18-16-14-12-10-8-6-4-2/h21,23,57,60H,3-20,22,24-56H2,1-2H3/b23-21-. The lowest BCUT2D eigenvalue weighted by Crippen LogP contribution is -2.28. The van der Waals surface area contributed by atoms with E-state index in [9.17, 15) is 14.7 Å². The number of hydrogen-bond acceptors (Lipinski definition) is 5. The number of allylic oxidation sites excluding steroid dienone is 2. The van der Waals surface area contributed by atoms with Crippen molar-refractivity contribution in [1.29, 1.82) is 0 Å². The minimum atomic E-state index is -0.766. The minimum absolute atomic E-state index is 0.0576. The van der Waals surface area contributed by atoms with E-state index in [1.807, 2.05) is 0 Å². The quantitative estimate of drug-likeness (QED) is 0.0374. The predicted octanol–water partition coefficient (Wildman–Crippen LogP) is 19.5. The number of carbonyl (C=O) groups is 2. The van der Waals surface area contributed by atoms with Gasteiger partial charge in [0.1, 0.15) is 6.61 Å². The van der Waals surface area contributed by atoms with E-state index in [1.165, 1.54) is 276 Å². The fraction of sp³-hybridized carbons (Fsp3) is 0.932. The Morgan fingerprint density at radius 1 is 0.344 bits per heavy atom. The predicted molar refractivity (Wildman–Crippen MR) is 279 cm³/mol. The van der Waals surface area contributed by atoms with Crippen LogP contribution in [0.1, 0.15) is 335 Å². The van der Waals surface area contributed by atoms with Crippen LogP contribution in [0.4, 0.5) is 0 Å². The molecule has 0 aromatic heterocycles. The summed E-state index contributed by atoms with van der Waals surface area (Å²) in [5, 5.41) is 9.66. The molecule has 5 heteroatoms.